The standard InChI is InChI=1S/C15H17N5O4S2/c1-10(2)20-15-11(8-18-20)6-12(9-17-15)19-26(23,24)14-5-3-4-13(7-14)25(16,21)22/h3-10,19H,1-2H3,(H2,16,21,22). The predicted molar refractivity (Wildman–Crippen MR) is 96.5 cm³/mol. The highest BCUT2D eigenvalue weighted by Crippen LogP contribution is 2.22. The van der Waals surface area contributed by atoms with Crippen molar-refractivity contribution in [2.45, 2.75) is 29.7 Å². The van der Waals surface area contributed by atoms with Crippen LogP contribution >= 0.6 is 0 Å². The lowest BCUT2D eigenvalue weighted by molar-refractivity contribution is 0.546. The van der Waals surface area contributed by atoms with Crippen LogP contribution in [-0.4, -0.2) is 31.6 Å². The van der Waals surface area contributed by atoms with E-state index in [1.807, 2.05) is 13.8 Å². The number of nitrogens with two attached hydrogens (primary N) is 1. The maximum Gasteiger partial charge on any atom is 0.261 e. The molecule has 0 radical (unpaired) electrons. The summed E-state index contributed by atoms with van der Waals surface area (Å²) < 4.78 is 52.0. The number of anilines is 1. The summed E-state index contributed by atoms with van der Waals surface area (Å²) in [5.41, 5.74) is 0.876. The predicted octanol–water partition coefficient (Wildman–Crippen LogP) is 1.46. The summed E-state index contributed by atoms with van der Waals surface area (Å²) in [6.07, 6.45) is 2.98. The molecule has 26 heavy (non-hydrogen) atoms. The lowest BCUT2D eigenvalue weighted by Gasteiger charge is -2.10. The van der Waals surface area contributed by atoms with E-state index in [0.717, 1.165) is 6.07 Å². The van der Waals surface area contributed by atoms with Crippen LogP contribution in [0.5, 0.6) is 0 Å². The van der Waals surface area contributed by atoms with E-state index in [1.165, 1.54) is 24.4 Å². The van der Waals surface area contributed by atoms with Crippen molar-refractivity contribution in [2.24, 2.45) is 5.14 Å². The highest BCUT2D eigenvalue weighted by molar-refractivity contribution is 7.93. The molecule has 0 saturated carbocycles. The number of primary sulfonamides is 1. The molecule has 0 aliphatic heterocycles. The van der Waals surface area contributed by atoms with Crippen LogP contribution in [0.4, 0.5) is 5.69 Å². The second kappa shape index (κ2) is 6.34. The zero-order chi connectivity index (χ0) is 19.1. The zero-order valence-corrected chi connectivity index (χ0v) is 15.6. The fourth-order valence-corrected chi connectivity index (χ4v) is 4.12. The Morgan fingerprint density at radius 1 is 1.08 bits per heavy atom. The molecular weight excluding hydrogens is 378 g/mol. The Hall–Kier alpha value is -2.50. The van der Waals surface area contributed by atoms with Gasteiger partial charge in [0.05, 0.1) is 27.9 Å². The van der Waals surface area contributed by atoms with Gasteiger partial charge >= 0.3 is 0 Å². The van der Waals surface area contributed by atoms with Crippen LogP contribution < -0.4 is 9.86 Å². The molecule has 3 aromatic rings. The average molecular weight is 395 g/mol. The second-order valence-corrected chi connectivity index (χ2v) is 9.19. The van der Waals surface area contributed by atoms with Gasteiger partial charge in [-0.3, -0.25) is 4.72 Å². The van der Waals surface area contributed by atoms with Crippen LogP contribution in [0.25, 0.3) is 11.0 Å². The van der Waals surface area contributed by atoms with Crippen molar-refractivity contribution in [1.82, 2.24) is 14.8 Å². The molecule has 0 saturated heterocycles. The van der Waals surface area contributed by atoms with Crippen LogP contribution in [0.3, 0.4) is 0 Å². The molecule has 0 aliphatic rings. The number of fused-ring (bicyclic) bond motifs is 1. The maximum atomic E-state index is 12.5. The van der Waals surface area contributed by atoms with Crippen molar-refractivity contribution < 1.29 is 16.8 Å². The molecule has 138 valence electrons. The molecule has 3 N–H and O–H groups in total. The van der Waals surface area contributed by atoms with Gasteiger partial charge in [0.25, 0.3) is 10.0 Å². The lowest BCUT2D eigenvalue weighted by atomic mass is 10.3. The fourth-order valence-electron chi connectivity index (χ4n) is 2.41. The molecule has 3 rings (SSSR count). The molecule has 0 fully saturated rings. The van der Waals surface area contributed by atoms with Crippen molar-refractivity contribution in [3.8, 4) is 0 Å². The van der Waals surface area contributed by atoms with Crippen LogP contribution in [0, 0.1) is 0 Å². The summed E-state index contributed by atoms with van der Waals surface area (Å²) in [5.74, 6) is 0. The minimum Gasteiger partial charge on any atom is -0.278 e. The number of rotatable bonds is 5. The molecule has 2 heterocycles. The number of sulfonamides is 2. The van der Waals surface area contributed by atoms with Gasteiger partial charge in [-0.05, 0) is 38.1 Å². The summed E-state index contributed by atoms with van der Waals surface area (Å²) in [6, 6.07) is 6.53. The van der Waals surface area contributed by atoms with Gasteiger partial charge < -0.3 is 0 Å². The third-order valence-electron chi connectivity index (χ3n) is 3.62. The third kappa shape index (κ3) is 3.54. The minimum absolute atomic E-state index is 0.114. The molecule has 2 aromatic heterocycles. The van der Waals surface area contributed by atoms with Gasteiger partial charge in [0.2, 0.25) is 10.0 Å². The smallest absolute Gasteiger partial charge is 0.261 e. The highest BCUT2D eigenvalue weighted by atomic mass is 32.2. The molecule has 9 nitrogen and oxygen atoms in total. The first-order chi connectivity index (χ1) is 12.1. The fraction of sp³-hybridized carbons (Fsp3) is 0.200. The third-order valence-corrected chi connectivity index (χ3v) is 5.91. The van der Waals surface area contributed by atoms with E-state index in [-0.39, 0.29) is 21.5 Å². The number of pyridine rings is 1. The van der Waals surface area contributed by atoms with E-state index in [2.05, 4.69) is 14.8 Å². The molecule has 0 atom stereocenters. The Morgan fingerprint density at radius 2 is 1.77 bits per heavy atom. The number of nitrogens with zero attached hydrogens (tertiary/aromatic N) is 3. The van der Waals surface area contributed by atoms with Crippen LogP contribution in [0.1, 0.15) is 19.9 Å². The van der Waals surface area contributed by atoms with Crippen molar-refractivity contribution in [3.63, 3.8) is 0 Å². The van der Waals surface area contributed by atoms with Crippen molar-refractivity contribution in [1.29, 1.82) is 0 Å². The molecule has 0 amide bonds. The number of hydrogen-bond donors (Lipinski definition) is 2. The van der Waals surface area contributed by atoms with Gasteiger partial charge in [0.1, 0.15) is 0 Å². The Balaban J connectivity index is 1.96. The largest absolute Gasteiger partial charge is 0.278 e. The van der Waals surface area contributed by atoms with E-state index >= 15 is 0 Å². The molecule has 0 bridgehead atoms. The lowest BCUT2D eigenvalue weighted by Crippen LogP contribution is -2.16. The summed E-state index contributed by atoms with van der Waals surface area (Å²) >= 11 is 0. The number of aromatic nitrogens is 3. The molecule has 1 aromatic carbocycles. The number of hydrogen-bond acceptors (Lipinski definition) is 6. The van der Waals surface area contributed by atoms with Gasteiger partial charge in [-0.15, -0.1) is 0 Å². The summed E-state index contributed by atoms with van der Waals surface area (Å²) in [4.78, 5) is 3.75. The monoisotopic (exact) mass is 395 g/mol. The first kappa shape index (κ1) is 18.3. The first-order valence-electron chi connectivity index (χ1n) is 7.57. The van der Waals surface area contributed by atoms with Gasteiger partial charge in [-0.25, -0.2) is 31.6 Å². The van der Waals surface area contributed by atoms with Crippen molar-refractivity contribution in [3.05, 3.63) is 42.7 Å². The Labute approximate surface area is 151 Å². The van der Waals surface area contributed by atoms with Gasteiger partial charge in [0.15, 0.2) is 5.65 Å². The summed E-state index contributed by atoms with van der Waals surface area (Å²) in [5, 5.41) is 9.95. The zero-order valence-electron chi connectivity index (χ0n) is 14.0. The first-order valence-corrected chi connectivity index (χ1v) is 10.6. The normalized spacial score (nSPS) is 12.6. The SMILES string of the molecule is CC(C)n1ncc2cc(NS(=O)(=O)c3cccc(S(N)(=O)=O)c3)cnc21. The van der Waals surface area contributed by atoms with E-state index < -0.39 is 20.0 Å². The Morgan fingerprint density at radius 3 is 2.42 bits per heavy atom. The average Bonchev–Trinajstić information content (AvgIpc) is 2.97. The summed E-state index contributed by atoms with van der Waals surface area (Å²) in [6.45, 7) is 3.92. The molecular formula is C15H17N5O4S2. The van der Waals surface area contributed by atoms with Gasteiger partial charge in [0, 0.05) is 11.4 Å². The van der Waals surface area contributed by atoms with Crippen LogP contribution in [0.15, 0.2) is 52.5 Å². The molecule has 0 spiro atoms. The van der Waals surface area contributed by atoms with Crippen molar-refractivity contribution >= 4 is 36.8 Å². The Kier molecular flexibility index (Phi) is 4.46. The maximum absolute atomic E-state index is 12.5. The second-order valence-electron chi connectivity index (χ2n) is 5.95. The number of benzene rings is 1. The van der Waals surface area contributed by atoms with Crippen LogP contribution in [-0.2, 0) is 20.0 Å². The molecule has 0 aliphatic carbocycles. The van der Waals surface area contributed by atoms with E-state index in [1.54, 1.807) is 16.9 Å². The van der Waals surface area contributed by atoms with Gasteiger partial charge in [-0.2, -0.15) is 5.10 Å². The molecule has 11 heteroatoms. The van der Waals surface area contributed by atoms with Crippen molar-refractivity contribution in [2.75, 3.05) is 4.72 Å². The Bertz CT molecular complexity index is 1180. The van der Waals surface area contributed by atoms with Gasteiger partial charge in [-0.1, -0.05) is 6.07 Å². The summed E-state index contributed by atoms with van der Waals surface area (Å²) in [7, 11) is -8.02. The van der Waals surface area contributed by atoms with E-state index in [9.17, 15) is 16.8 Å². The van der Waals surface area contributed by atoms with E-state index in [0.29, 0.717) is 11.0 Å². The van der Waals surface area contributed by atoms with Crippen LogP contribution in [0.2, 0.25) is 0 Å². The minimum atomic E-state index is -4.01. The highest BCUT2D eigenvalue weighted by Gasteiger charge is 2.18. The topological polar surface area (TPSA) is 137 Å². The van der Waals surface area contributed by atoms with E-state index in [4.69, 9.17) is 5.14 Å². The molecule has 0 unspecified atom stereocenters. The quantitative estimate of drug-likeness (QED) is 0.671. The number of nitrogens with one attached hydrogen (secondary N) is 1.